The molecule has 0 aliphatic carbocycles. The third-order valence-corrected chi connectivity index (χ3v) is 5.56. The van der Waals surface area contributed by atoms with Gasteiger partial charge in [-0.25, -0.2) is 4.39 Å². The first-order chi connectivity index (χ1) is 15.3. The van der Waals surface area contributed by atoms with Crippen LogP contribution in [0.4, 0.5) is 10.1 Å². The Kier molecular flexibility index (Phi) is 5.70. The van der Waals surface area contributed by atoms with E-state index in [-0.39, 0.29) is 22.9 Å². The molecule has 0 fully saturated rings. The molecule has 2 N–H and O–H groups in total. The molecule has 0 aliphatic heterocycles. The molecule has 4 aromatic rings. The number of hydrogen-bond acceptors (Lipinski definition) is 3. The summed E-state index contributed by atoms with van der Waals surface area (Å²) in [7, 11) is 0. The van der Waals surface area contributed by atoms with E-state index in [0.717, 1.165) is 11.1 Å². The fourth-order valence-corrected chi connectivity index (χ4v) is 3.82. The molecule has 5 nitrogen and oxygen atoms in total. The van der Waals surface area contributed by atoms with Gasteiger partial charge in [0.2, 0.25) is 0 Å². The van der Waals surface area contributed by atoms with Crippen LogP contribution in [0.1, 0.15) is 12.5 Å². The zero-order valence-electron chi connectivity index (χ0n) is 17.1. The number of nitrogens with one attached hydrogen (secondary N) is 1. The molecule has 1 amide bonds. The van der Waals surface area contributed by atoms with Crippen LogP contribution in [0, 0.1) is 17.1 Å². The van der Waals surface area contributed by atoms with Crippen LogP contribution in [0.5, 0.6) is 0 Å². The molecule has 0 saturated carbocycles. The van der Waals surface area contributed by atoms with E-state index < -0.39 is 11.5 Å². The normalized spacial score (nSPS) is 12.8. The standard InChI is InChI=1S/C25H19ClFN3O2/c1-25(32,24(31)29-19-9-7-17(13-28)22(26)12-19)15-30-14-21(16-5-3-2-4-6-16)20-11-18(27)8-10-23(20)30/h2-12,14,32H,15H2,1H3,(H,29,31)/t25-/m0/s1. The molecule has 0 bridgehead atoms. The molecule has 1 aromatic heterocycles. The minimum absolute atomic E-state index is 0.0577. The Hall–Kier alpha value is -3.66. The Morgan fingerprint density at radius 1 is 1.19 bits per heavy atom. The molecule has 0 spiro atoms. The highest BCUT2D eigenvalue weighted by Gasteiger charge is 2.32. The van der Waals surface area contributed by atoms with Crippen LogP contribution in [-0.2, 0) is 11.3 Å². The first-order valence-corrected chi connectivity index (χ1v) is 10.2. The number of aromatic nitrogens is 1. The fourth-order valence-electron chi connectivity index (χ4n) is 3.60. The van der Waals surface area contributed by atoms with Crippen molar-refractivity contribution in [3.8, 4) is 17.2 Å². The van der Waals surface area contributed by atoms with Gasteiger partial charge < -0.3 is 15.0 Å². The second-order valence-corrected chi connectivity index (χ2v) is 8.14. The van der Waals surface area contributed by atoms with Crippen LogP contribution >= 0.6 is 11.6 Å². The second-order valence-electron chi connectivity index (χ2n) is 7.73. The number of nitrogens with zero attached hydrogens (tertiary/aromatic N) is 2. The summed E-state index contributed by atoms with van der Waals surface area (Å²) in [5, 5.41) is 23.5. The Morgan fingerprint density at radius 2 is 1.94 bits per heavy atom. The van der Waals surface area contributed by atoms with Gasteiger partial charge in [0.05, 0.1) is 17.1 Å². The van der Waals surface area contributed by atoms with Crippen molar-refractivity contribution in [1.29, 1.82) is 5.26 Å². The van der Waals surface area contributed by atoms with Crippen LogP contribution < -0.4 is 5.32 Å². The zero-order chi connectivity index (χ0) is 22.9. The molecule has 3 aromatic carbocycles. The van der Waals surface area contributed by atoms with Gasteiger partial charge in [0.25, 0.3) is 5.91 Å². The number of carbonyl (C=O) groups excluding carboxylic acids is 1. The van der Waals surface area contributed by atoms with E-state index in [1.165, 1.54) is 31.2 Å². The quantitative estimate of drug-likeness (QED) is 0.432. The van der Waals surface area contributed by atoms with Crippen molar-refractivity contribution in [2.45, 2.75) is 19.1 Å². The predicted molar refractivity (Wildman–Crippen MR) is 123 cm³/mol. The van der Waals surface area contributed by atoms with Crippen LogP contribution in [0.2, 0.25) is 5.02 Å². The van der Waals surface area contributed by atoms with Gasteiger partial charge in [-0.2, -0.15) is 5.26 Å². The number of halogens is 2. The first-order valence-electron chi connectivity index (χ1n) is 9.86. The molecule has 1 heterocycles. The number of fused-ring (bicyclic) bond motifs is 1. The van der Waals surface area contributed by atoms with Gasteiger partial charge in [-0.3, -0.25) is 4.79 Å². The second kappa shape index (κ2) is 8.46. The van der Waals surface area contributed by atoms with Crippen LogP contribution in [0.15, 0.2) is 72.9 Å². The molecule has 0 radical (unpaired) electrons. The molecule has 7 heteroatoms. The van der Waals surface area contributed by atoms with Gasteiger partial charge in [0, 0.05) is 28.4 Å². The lowest BCUT2D eigenvalue weighted by molar-refractivity contribution is -0.133. The van der Waals surface area contributed by atoms with Gasteiger partial charge in [-0.05, 0) is 48.9 Å². The summed E-state index contributed by atoms with van der Waals surface area (Å²) < 4.78 is 15.7. The van der Waals surface area contributed by atoms with Crippen molar-refractivity contribution in [3.63, 3.8) is 0 Å². The summed E-state index contributed by atoms with van der Waals surface area (Å²) in [4.78, 5) is 12.8. The first kappa shape index (κ1) is 21.6. The maximum absolute atomic E-state index is 14.0. The van der Waals surface area contributed by atoms with E-state index in [0.29, 0.717) is 16.6 Å². The zero-order valence-corrected chi connectivity index (χ0v) is 17.9. The summed E-state index contributed by atoms with van der Waals surface area (Å²) >= 11 is 6.03. The lowest BCUT2D eigenvalue weighted by Crippen LogP contribution is -2.43. The molecule has 0 saturated heterocycles. The van der Waals surface area contributed by atoms with E-state index in [2.05, 4.69) is 5.32 Å². The molecule has 32 heavy (non-hydrogen) atoms. The topological polar surface area (TPSA) is 78.1 Å². The van der Waals surface area contributed by atoms with Gasteiger partial charge in [0.15, 0.2) is 5.60 Å². The maximum atomic E-state index is 14.0. The molecular formula is C25H19ClFN3O2. The van der Waals surface area contributed by atoms with E-state index in [9.17, 15) is 14.3 Å². The minimum Gasteiger partial charge on any atom is -0.378 e. The van der Waals surface area contributed by atoms with Gasteiger partial charge in [-0.15, -0.1) is 0 Å². The molecular weight excluding hydrogens is 429 g/mol. The number of rotatable bonds is 5. The average molecular weight is 448 g/mol. The number of anilines is 1. The summed E-state index contributed by atoms with van der Waals surface area (Å²) in [6.45, 7) is 1.35. The summed E-state index contributed by atoms with van der Waals surface area (Å²) in [5.74, 6) is -1.00. The van der Waals surface area contributed by atoms with Crippen molar-refractivity contribution in [3.05, 3.63) is 89.3 Å². The van der Waals surface area contributed by atoms with E-state index >= 15 is 0 Å². The summed E-state index contributed by atoms with van der Waals surface area (Å²) in [5.41, 5.74) is 1.27. The van der Waals surface area contributed by atoms with Crippen molar-refractivity contribution in [2.24, 2.45) is 0 Å². The van der Waals surface area contributed by atoms with Crippen molar-refractivity contribution < 1.29 is 14.3 Å². The maximum Gasteiger partial charge on any atom is 0.257 e. The molecule has 0 aliphatic rings. The Bertz CT molecular complexity index is 1360. The third-order valence-electron chi connectivity index (χ3n) is 5.24. The smallest absolute Gasteiger partial charge is 0.257 e. The Labute approximate surface area is 189 Å². The van der Waals surface area contributed by atoms with Crippen molar-refractivity contribution in [1.82, 2.24) is 4.57 Å². The van der Waals surface area contributed by atoms with E-state index in [4.69, 9.17) is 16.9 Å². The number of carbonyl (C=O) groups is 1. The van der Waals surface area contributed by atoms with E-state index in [1.54, 1.807) is 22.9 Å². The van der Waals surface area contributed by atoms with Crippen LogP contribution in [0.25, 0.3) is 22.0 Å². The minimum atomic E-state index is -1.78. The molecule has 1 atom stereocenters. The molecule has 4 rings (SSSR count). The number of amides is 1. The third kappa shape index (κ3) is 4.22. The summed E-state index contributed by atoms with van der Waals surface area (Å²) in [6.07, 6.45) is 1.81. The number of benzene rings is 3. The highest BCUT2D eigenvalue weighted by molar-refractivity contribution is 6.32. The lowest BCUT2D eigenvalue weighted by Gasteiger charge is -2.23. The summed E-state index contributed by atoms with van der Waals surface area (Å²) in [6, 6.07) is 20.4. The predicted octanol–water partition coefficient (Wildman–Crippen LogP) is 5.36. The van der Waals surface area contributed by atoms with Gasteiger partial charge >= 0.3 is 0 Å². The fraction of sp³-hybridized carbons (Fsp3) is 0.120. The number of nitriles is 1. The van der Waals surface area contributed by atoms with Gasteiger partial charge in [0.1, 0.15) is 11.9 Å². The molecule has 0 unspecified atom stereocenters. The highest BCUT2D eigenvalue weighted by Crippen LogP contribution is 2.32. The number of hydrogen-bond donors (Lipinski definition) is 2. The van der Waals surface area contributed by atoms with Gasteiger partial charge in [-0.1, -0.05) is 41.9 Å². The van der Waals surface area contributed by atoms with E-state index in [1.807, 2.05) is 36.4 Å². The monoisotopic (exact) mass is 447 g/mol. The highest BCUT2D eigenvalue weighted by atomic mass is 35.5. The number of aliphatic hydroxyl groups is 1. The Morgan fingerprint density at radius 3 is 2.62 bits per heavy atom. The SMILES string of the molecule is C[C@](O)(Cn1cc(-c2ccccc2)c2cc(F)ccc21)C(=O)Nc1ccc(C#N)c(Cl)c1. The van der Waals surface area contributed by atoms with Crippen LogP contribution in [0.3, 0.4) is 0 Å². The lowest BCUT2D eigenvalue weighted by atomic mass is 10.1. The average Bonchev–Trinajstić information content (AvgIpc) is 3.11. The Balaban J connectivity index is 1.65. The molecule has 160 valence electrons. The largest absolute Gasteiger partial charge is 0.378 e. The van der Waals surface area contributed by atoms with Crippen molar-refractivity contribution >= 4 is 34.1 Å². The van der Waals surface area contributed by atoms with Crippen molar-refractivity contribution in [2.75, 3.05) is 5.32 Å². The van der Waals surface area contributed by atoms with Crippen LogP contribution in [-0.4, -0.2) is 21.2 Å².